The molecule has 4 rings (SSSR count). The van der Waals surface area contributed by atoms with E-state index in [0.717, 1.165) is 48.5 Å². The van der Waals surface area contributed by atoms with Crippen LogP contribution in [0.25, 0.3) is 5.69 Å². The van der Waals surface area contributed by atoms with Crippen LogP contribution >= 0.6 is 11.8 Å². The first-order valence-electron chi connectivity index (χ1n) is 10.0. The summed E-state index contributed by atoms with van der Waals surface area (Å²) in [5.41, 5.74) is 3.44. The molecule has 0 bridgehead atoms. The van der Waals surface area contributed by atoms with Crippen molar-refractivity contribution in [3.05, 3.63) is 66.5 Å². The van der Waals surface area contributed by atoms with Gasteiger partial charge in [-0.05, 0) is 42.8 Å². The number of aryl methyl sites for hydroxylation is 1. The minimum absolute atomic E-state index is 0.161. The summed E-state index contributed by atoms with van der Waals surface area (Å²) in [5.74, 6) is 1.41. The molecule has 1 aliphatic heterocycles. The number of ether oxygens (including phenoxy) is 1. The highest BCUT2D eigenvalue weighted by molar-refractivity contribution is 7.99. The van der Waals surface area contributed by atoms with E-state index in [1.165, 1.54) is 17.3 Å². The number of imidazole rings is 1. The molecule has 7 heteroatoms. The molecule has 0 atom stereocenters. The molecule has 1 aliphatic rings. The Bertz CT molecular complexity index is 994. The van der Waals surface area contributed by atoms with E-state index >= 15 is 0 Å². The van der Waals surface area contributed by atoms with Crippen molar-refractivity contribution in [3.63, 3.8) is 0 Å². The van der Waals surface area contributed by atoms with Crippen molar-refractivity contribution in [1.29, 1.82) is 0 Å². The lowest BCUT2D eigenvalue weighted by Crippen LogP contribution is -2.49. The van der Waals surface area contributed by atoms with Gasteiger partial charge in [-0.25, -0.2) is 4.98 Å². The molecule has 0 spiro atoms. The van der Waals surface area contributed by atoms with Crippen LogP contribution < -0.4 is 9.64 Å². The zero-order chi connectivity index (χ0) is 20.9. The predicted molar refractivity (Wildman–Crippen MR) is 121 cm³/mol. The minimum Gasteiger partial charge on any atom is -0.497 e. The Kier molecular flexibility index (Phi) is 6.28. The topological polar surface area (TPSA) is 50.6 Å². The van der Waals surface area contributed by atoms with Crippen molar-refractivity contribution in [2.24, 2.45) is 0 Å². The highest BCUT2D eigenvalue weighted by Gasteiger charge is 2.22. The van der Waals surface area contributed by atoms with Gasteiger partial charge < -0.3 is 14.5 Å². The van der Waals surface area contributed by atoms with Crippen molar-refractivity contribution in [2.75, 3.05) is 43.9 Å². The zero-order valence-corrected chi connectivity index (χ0v) is 18.1. The third-order valence-electron chi connectivity index (χ3n) is 5.38. The molecule has 1 amide bonds. The molecule has 0 unspecified atom stereocenters. The van der Waals surface area contributed by atoms with Gasteiger partial charge in [0.1, 0.15) is 5.75 Å². The summed E-state index contributed by atoms with van der Waals surface area (Å²) in [7, 11) is 1.67. The average Bonchev–Trinajstić information content (AvgIpc) is 3.26. The second kappa shape index (κ2) is 9.26. The molecule has 1 fully saturated rings. The fraction of sp³-hybridized carbons (Fsp3) is 0.304. The Morgan fingerprint density at radius 1 is 1.07 bits per heavy atom. The molecule has 30 heavy (non-hydrogen) atoms. The average molecular weight is 423 g/mol. The Hall–Kier alpha value is -2.93. The Balaban J connectivity index is 1.32. The van der Waals surface area contributed by atoms with Crippen LogP contribution in [-0.4, -0.2) is 59.4 Å². The minimum atomic E-state index is 0.161. The third-order valence-corrected chi connectivity index (χ3v) is 6.33. The molecular formula is C23H26N4O2S. The van der Waals surface area contributed by atoms with Crippen LogP contribution in [0.1, 0.15) is 5.56 Å². The second-order valence-electron chi connectivity index (χ2n) is 7.22. The lowest BCUT2D eigenvalue weighted by Gasteiger charge is -2.36. The summed E-state index contributed by atoms with van der Waals surface area (Å²) in [6.45, 7) is 5.22. The third kappa shape index (κ3) is 4.46. The number of carbonyl (C=O) groups excluding carboxylic acids is 1. The largest absolute Gasteiger partial charge is 0.497 e. The Morgan fingerprint density at radius 2 is 1.80 bits per heavy atom. The number of piperazine rings is 1. The highest BCUT2D eigenvalue weighted by atomic mass is 32.2. The molecule has 0 saturated carbocycles. The maximum Gasteiger partial charge on any atom is 0.233 e. The van der Waals surface area contributed by atoms with Crippen LogP contribution in [-0.2, 0) is 4.79 Å². The lowest BCUT2D eigenvalue weighted by molar-refractivity contribution is -0.128. The number of methoxy groups -OCH3 is 1. The van der Waals surface area contributed by atoms with E-state index < -0.39 is 0 Å². The van der Waals surface area contributed by atoms with Crippen molar-refractivity contribution >= 4 is 23.4 Å². The quantitative estimate of drug-likeness (QED) is 0.568. The van der Waals surface area contributed by atoms with Gasteiger partial charge in [-0.3, -0.25) is 9.36 Å². The van der Waals surface area contributed by atoms with Gasteiger partial charge in [-0.15, -0.1) is 0 Å². The van der Waals surface area contributed by atoms with E-state index in [-0.39, 0.29) is 5.91 Å². The first-order chi connectivity index (χ1) is 14.7. The molecule has 3 aromatic rings. The van der Waals surface area contributed by atoms with Gasteiger partial charge in [0.2, 0.25) is 5.91 Å². The summed E-state index contributed by atoms with van der Waals surface area (Å²) in [5, 5.41) is 0.842. The highest BCUT2D eigenvalue weighted by Crippen LogP contribution is 2.24. The maximum atomic E-state index is 12.8. The van der Waals surface area contributed by atoms with E-state index in [4.69, 9.17) is 4.74 Å². The summed E-state index contributed by atoms with van der Waals surface area (Å²) < 4.78 is 7.28. The molecule has 1 saturated heterocycles. The first-order valence-corrected chi connectivity index (χ1v) is 11.0. The van der Waals surface area contributed by atoms with Gasteiger partial charge >= 0.3 is 0 Å². The van der Waals surface area contributed by atoms with Crippen molar-refractivity contribution in [3.8, 4) is 11.4 Å². The van der Waals surface area contributed by atoms with E-state index in [0.29, 0.717) is 5.75 Å². The van der Waals surface area contributed by atoms with Crippen LogP contribution in [0.5, 0.6) is 5.75 Å². The van der Waals surface area contributed by atoms with Gasteiger partial charge in [0, 0.05) is 44.3 Å². The number of thioether (sulfide) groups is 1. The van der Waals surface area contributed by atoms with Gasteiger partial charge in [0.15, 0.2) is 5.16 Å². The summed E-state index contributed by atoms with van der Waals surface area (Å²) in [4.78, 5) is 21.5. The summed E-state index contributed by atoms with van der Waals surface area (Å²) in [6.07, 6.45) is 3.73. The molecule has 156 valence electrons. The number of amides is 1. The van der Waals surface area contributed by atoms with Crippen LogP contribution in [0.3, 0.4) is 0 Å². The van der Waals surface area contributed by atoms with E-state index in [9.17, 15) is 4.79 Å². The number of carbonyl (C=O) groups is 1. The van der Waals surface area contributed by atoms with E-state index in [2.05, 4.69) is 45.6 Å². The van der Waals surface area contributed by atoms with Gasteiger partial charge in [0.05, 0.1) is 18.6 Å². The number of hydrogen-bond donors (Lipinski definition) is 0. The normalized spacial score (nSPS) is 14.1. The van der Waals surface area contributed by atoms with E-state index in [1.807, 2.05) is 35.4 Å². The van der Waals surface area contributed by atoms with Crippen LogP contribution in [0, 0.1) is 6.92 Å². The van der Waals surface area contributed by atoms with Crippen molar-refractivity contribution in [2.45, 2.75) is 12.1 Å². The summed E-state index contributed by atoms with van der Waals surface area (Å²) >= 11 is 1.49. The summed E-state index contributed by atoms with van der Waals surface area (Å²) in [6, 6.07) is 16.3. The van der Waals surface area contributed by atoms with E-state index in [1.54, 1.807) is 13.3 Å². The number of anilines is 1. The SMILES string of the molecule is COc1ccc(N2CCN(C(=O)CSc3nccn3-c3ccccc3C)CC2)cc1. The maximum absolute atomic E-state index is 12.8. The number of hydrogen-bond acceptors (Lipinski definition) is 5. The second-order valence-corrected chi connectivity index (χ2v) is 8.16. The predicted octanol–water partition coefficient (Wildman–Crippen LogP) is 3.63. The standard InChI is InChI=1S/C23H26N4O2S/c1-18-5-3-4-6-21(18)27-12-11-24-23(27)30-17-22(28)26-15-13-25(14-16-26)19-7-9-20(29-2)10-8-19/h3-12H,13-17H2,1-2H3. The molecule has 0 radical (unpaired) electrons. The fourth-order valence-corrected chi connectivity index (χ4v) is 4.51. The number of para-hydroxylation sites is 1. The fourth-order valence-electron chi connectivity index (χ4n) is 3.64. The van der Waals surface area contributed by atoms with Crippen molar-refractivity contribution < 1.29 is 9.53 Å². The molecule has 2 aromatic carbocycles. The number of rotatable bonds is 6. The zero-order valence-electron chi connectivity index (χ0n) is 17.3. The van der Waals surface area contributed by atoms with Crippen molar-refractivity contribution in [1.82, 2.24) is 14.5 Å². The molecule has 2 heterocycles. The molecule has 0 N–H and O–H groups in total. The Morgan fingerprint density at radius 3 is 2.50 bits per heavy atom. The monoisotopic (exact) mass is 422 g/mol. The molecule has 0 aliphatic carbocycles. The number of aromatic nitrogens is 2. The van der Waals surface area contributed by atoms with Gasteiger partial charge in [-0.1, -0.05) is 30.0 Å². The molecular weight excluding hydrogens is 396 g/mol. The lowest BCUT2D eigenvalue weighted by atomic mass is 10.2. The van der Waals surface area contributed by atoms with Crippen LogP contribution in [0.15, 0.2) is 66.1 Å². The van der Waals surface area contributed by atoms with Gasteiger partial charge in [0.25, 0.3) is 0 Å². The van der Waals surface area contributed by atoms with Gasteiger partial charge in [-0.2, -0.15) is 0 Å². The van der Waals surface area contributed by atoms with Crippen LogP contribution in [0.4, 0.5) is 5.69 Å². The number of benzene rings is 2. The molecule has 1 aromatic heterocycles. The smallest absolute Gasteiger partial charge is 0.233 e. The first kappa shape index (κ1) is 20.3. The molecule has 6 nitrogen and oxygen atoms in total. The van der Waals surface area contributed by atoms with Crippen LogP contribution in [0.2, 0.25) is 0 Å². The Labute approximate surface area is 181 Å². The number of nitrogens with zero attached hydrogens (tertiary/aromatic N) is 4.